The van der Waals surface area contributed by atoms with Crippen molar-refractivity contribution in [2.45, 2.75) is 26.3 Å². The first-order valence-electron chi connectivity index (χ1n) is 7.10. The van der Waals surface area contributed by atoms with Crippen LogP contribution in [0.2, 0.25) is 0 Å². The molecule has 1 aromatic carbocycles. The molecule has 2 N–H and O–H groups in total. The Morgan fingerprint density at radius 1 is 0.955 bits per heavy atom. The van der Waals surface area contributed by atoms with E-state index in [0.29, 0.717) is 0 Å². The second-order valence-electron chi connectivity index (χ2n) is 4.49. The van der Waals surface area contributed by atoms with Crippen LogP contribution in [0, 0.1) is 0 Å². The summed E-state index contributed by atoms with van der Waals surface area (Å²) in [6, 6.07) is 16.2. The summed E-state index contributed by atoms with van der Waals surface area (Å²) in [6.07, 6.45) is 8.30. The third-order valence-electron chi connectivity index (χ3n) is 2.97. The van der Waals surface area contributed by atoms with Gasteiger partial charge in [-0.05, 0) is 11.6 Å². The van der Waals surface area contributed by atoms with Crippen molar-refractivity contribution < 1.29 is 27.0 Å². The molecule has 0 bridgehead atoms. The number of pyridine rings is 1. The summed E-state index contributed by atoms with van der Waals surface area (Å²) in [4.78, 5) is 0. The molecule has 2 rings (SSSR count). The van der Waals surface area contributed by atoms with Crippen LogP contribution in [0.5, 0.6) is 0 Å². The molecule has 2 aromatic rings. The molecule has 0 atom stereocenters. The molecule has 2 nitrogen and oxygen atoms in total. The van der Waals surface area contributed by atoms with Crippen molar-refractivity contribution in [1.82, 2.24) is 0 Å². The summed E-state index contributed by atoms with van der Waals surface area (Å²) in [6.45, 7) is 10.7. The third kappa shape index (κ3) is 8.55. The summed E-state index contributed by atoms with van der Waals surface area (Å²) in [5.74, 6) is 0. The predicted molar refractivity (Wildman–Crippen MR) is 91.8 cm³/mol. The molecule has 0 fully saturated rings. The number of benzene rings is 1. The van der Waals surface area contributed by atoms with Gasteiger partial charge in [-0.1, -0.05) is 62.9 Å². The van der Waals surface area contributed by atoms with Crippen molar-refractivity contribution in [2.24, 2.45) is 0 Å². The van der Waals surface area contributed by atoms with Gasteiger partial charge in [0.2, 0.25) is 5.69 Å². The van der Waals surface area contributed by atoms with Crippen molar-refractivity contribution in [3.63, 3.8) is 0 Å². The lowest BCUT2D eigenvalue weighted by Gasteiger charge is -1.97. The minimum Gasteiger partial charge on any atom is -1.00 e. The van der Waals surface area contributed by atoms with Gasteiger partial charge in [0.05, 0.1) is 0 Å². The van der Waals surface area contributed by atoms with Gasteiger partial charge >= 0.3 is 0 Å². The van der Waals surface area contributed by atoms with E-state index in [1.54, 1.807) is 0 Å². The van der Waals surface area contributed by atoms with E-state index in [-0.39, 0.29) is 22.5 Å². The molecule has 0 amide bonds. The van der Waals surface area contributed by atoms with Crippen LogP contribution in [0.4, 0.5) is 0 Å². The Morgan fingerprint density at radius 3 is 2.09 bits per heavy atom. The fourth-order valence-electron chi connectivity index (χ4n) is 1.80. The monoisotopic (exact) mass is 363 g/mol. The van der Waals surface area contributed by atoms with E-state index in [1.807, 2.05) is 48.6 Å². The van der Waals surface area contributed by atoms with Gasteiger partial charge in [0.1, 0.15) is 6.54 Å². The van der Waals surface area contributed by atoms with Crippen LogP contribution in [0.25, 0.3) is 12.2 Å². The fraction of sp³-hybridized carbons (Fsp3) is 0.211. The lowest BCUT2D eigenvalue weighted by molar-refractivity contribution is -0.699. The van der Waals surface area contributed by atoms with E-state index >= 15 is 0 Å². The average molecular weight is 364 g/mol. The first-order chi connectivity index (χ1) is 9.81. The molecule has 120 valence electrons. The minimum atomic E-state index is 0. The Labute approximate surface area is 144 Å². The van der Waals surface area contributed by atoms with E-state index in [2.05, 4.69) is 43.0 Å². The van der Waals surface area contributed by atoms with Gasteiger partial charge < -0.3 is 22.5 Å². The van der Waals surface area contributed by atoms with Crippen LogP contribution < -0.4 is 21.5 Å². The highest BCUT2D eigenvalue weighted by Gasteiger charge is 2.03. The summed E-state index contributed by atoms with van der Waals surface area (Å²) < 4.78 is 2.23. The van der Waals surface area contributed by atoms with E-state index in [4.69, 9.17) is 0 Å². The van der Waals surface area contributed by atoms with Crippen LogP contribution in [0.15, 0.2) is 67.9 Å². The highest BCUT2D eigenvalue weighted by molar-refractivity contribution is 5.45. The predicted octanol–water partition coefficient (Wildman–Crippen LogP) is 0.926. The topological polar surface area (TPSA) is 35.4 Å². The number of nitrogens with zero attached hydrogens (tertiary/aromatic N) is 1. The number of unbranched alkanes of at least 4 members (excludes halogenated alkanes) is 1. The van der Waals surface area contributed by atoms with Crippen molar-refractivity contribution in [2.75, 3.05) is 0 Å². The van der Waals surface area contributed by atoms with Crippen LogP contribution in [-0.4, -0.2) is 5.48 Å². The number of hydrogen-bond donors (Lipinski definition) is 0. The number of halogens is 1. The summed E-state index contributed by atoms with van der Waals surface area (Å²) >= 11 is 0. The summed E-state index contributed by atoms with van der Waals surface area (Å²) in [5, 5.41) is 0. The Hall–Kier alpha value is -1.71. The Kier molecular flexibility index (Phi) is 14.6. The molecule has 3 heteroatoms. The zero-order valence-corrected chi connectivity index (χ0v) is 14.8. The standard InChI is InChI=1S/C11H16N.C8H8.BrH.H2O/c1-3-5-9-12-10-7-6-8-11(12)4-2;1-2-8-6-4-3-5-7-8;;/h4,6-8,10H,2-3,5,9H2,1H3;2-7H,1H2;1H;1H2/q+1;;;/p-1. The van der Waals surface area contributed by atoms with E-state index in [0.717, 1.165) is 6.54 Å². The lowest BCUT2D eigenvalue weighted by atomic mass is 10.2. The summed E-state index contributed by atoms with van der Waals surface area (Å²) in [7, 11) is 0. The third-order valence-corrected chi connectivity index (χ3v) is 2.97. The van der Waals surface area contributed by atoms with Crippen LogP contribution in [-0.2, 0) is 6.54 Å². The van der Waals surface area contributed by atoms with Gasteiger partial charge in [-0.15, -0.1) is 0 Å². The lowest BCUT2D eigenvalue weighted by Crippen LogP contribution is -3.00. The van der Waals surface area contributed by atoms with Gasteiger partial charge in [-0.3, -0.25) is 0 Å². The first-order valence-corrected chi connectivity index (χ1v) is 7.10. The van der Waals surface area contributed by atoms with Crippen LogP contribution >= 0.6 is 0 Å². The minimum absolute atomic E-state index is 0. The largest absolute Gasteiger partial charge is 1.00 e. The second-order valence-corrected chi connectivity index (χ2v) is 4.49. The maximum atomic E-state index is 3.78. The zero-order chi connectivity index (χ0) is 14.6. The van der Waals surface area contributed by atoms with Crippen LogP contribution in [0.3, 0.4) is 0 Å². The van der Waals surface area contributed by atoms with Crippen molar-refractivity contribution in [3.05, 3.63) is 79.1 Å². The zero-order valence-electron chi connectivity index (χ0n) is 13.2. The normalized spacial score (nSPS) is 8.41. The molecular weight excluding hydrogens is 338 g/mol. The number of rotatable bonds is 5. The molecule has 0 aliphatic rings. The number of aromatic nitrogens is 1. The SMILES string of the molecule is C=Cc1cccc[n+]1CCCC.C=Cc1ccccc1.O.[Br-]. The Morgan fingerprint density at radius 2 is 1.59 bits per heavy atom. The van der Waals surface area contributed by atoms with Crippen molar-refractivity contribution in [3.8, 4) is 0 Å². The van der Waals surface area contributed by atoms with E-state index in [1.165, 1.54) is 24.1 Å². The smallest absolute Gasteiger partial charge is 0.204 e. The van der Waals surface area contributed by atoms with Crippen molar-refractivity contribution in [1.29, 1.82) is 0 Å². The van der Waals surface area contributed by atoms with Crippen LogP contribution in [0.1, 0.15) is 31.0 Å². The maximum absolute atomic E-state index is 3.78. The molecule has 0 saturated heterocycles. The first kappa shape index (κ1) is 22.6. The Bertz CT molecular complexity index is 526. The molecule has 22 heavy (non-hydrogen) atoms. The molecule has 1 aromatic heterocycles. The van der Waals surface area contributed by atoms with Gasteiger partial charge in [0.25, 0.3) is 0 Å². The highest BCUT2D eigenvalue weighted by atomic mass is 79.9. The van der Waals surface area contributed by atoms with Gasteiger partial charge in [0.15, 0.2) is 6.20 Å². The molecule has 0 aliphatic carbocycles. The van der Waals surface area contributed by atoms with Crippen molar-refractivity contribution >= 4 is 12.2 Å². The fourth-order valence-corrected chi connectivity index (χ4v) is 1.80. The summed E-state index contributed by atoms with van der Waals surface area (Å²) in [5.41, 5.74) is 2.37. The van der Waals surface area contributed by atoms with E-state index in [9.17, 15) is 0 Å². The second kappa shape index (κ2) is 14.2. The molecule has 0 aliphatic heterocycles. The molecule has 1 heterocycles. The maximum Gasteiger partial charge on any atom is 0.204 e. The molecule has 0 spiro atoms. The molecule has 0 unspecified atom stereocenters. The van der Waals surface area contributed by atoms with Gasteiger partial charge in [0, 0.05) is 24.6 Å². The number of aryl methyl sites for hydroxylation is 1. The average Bonchev–Trinajstić information content (AvgIpc) is 2.54. The molecule has 0 saturated carbocycles. The highest BCUT2D eigenvalue weighted by Crippen LogP contribution is 1.97. The molecular formula is C19H26BrNO. The van der Waals surface area contributed by atoms with Gasteiger partial charge in [-0.2, -0.15) is 4.57 Å². The van der Waals surface area contributed by atoms with E-state index < -0.39 is 0 Å². The quantitative estimate of drug-likeness (QED) is 0.708. The number of hydrogen-bond acceptors (Lipinski definition) is 0. The van der Waals surface area contributed by atoms with Gasteiger partial charge in [-0.25, -0.2) is 0 Å². The Balaban J connectivity index is 0. The molecule has 0 radical (unpaired) electrons.